The molecule has 0 N–H and O–H groups in total. The van der Waals surface area contributed by atoms with Crippen LogP contribution in [0.25, 0.3) is 0 Å². The summed E-state index contributed by atoms with van der Waals surface area (Å²) in [7, 11) is 4.05. The highest BCUT2D eigenvalue weighted by Crippen LogP contribution is 2.36. The average Bonchev–Trinajstić information content (AvgIpc) is 2.67. The van der Waals surface area contributed by atoms with Crippen LogP contribution in [-0.4, -0.2) is 79.6 Å². The van der Waals surface area contributed by atoms with Crippen LogP contribution in [0.1, 0.15) is 25.7 Å². The summed E-state index contributed by atoms with van der Waals surface area (Å²) in [5, 5.41) is 1.05. The molecule has 1 heterocycles. The number of likely N-dealkylation sites (N-methyl/N-ethyl adjacent to an activating group) is 2. The molecule has 2 fully saturated rings. The van der Waals surface area contributed by atoms with Gasteiger partial charge < -0.3 is 14.5 Å². The number of rotatable bonds is 5. The molecule has 0 bridgehead atoms. The zero-order chi connectivity index (χ0) is 20.3. The minimum Gasteiger partial charge on any atom is -0.481 e. The van der Waals surface area contributed by atoms with Gasteiger partial charge in [0.25, 0.3) is 5.91 Å². The van der Waals surface area contributed by atoms with E-state index in [2.05, 4.69) is 16.8 Å². The second-order valence-corrected chi connectivity index (χ2v) is 9.00. The van der Waals surface area contributed by atoms with Gasteiger partial charge in [0.15, 0.2) is 12.4 Å². The summed E-state index contributed by atoms with van der Waals surface area (Å²) >= 11 is 18.2. The number of nitrogens with zero attached hydrogens (tertiary/aromatic N) is 3. The van der Waals surface area contributed by atoms with E-state index in [4.69, 9.17) is 39.5 Å². The van der Waals surface area contributed by atoms with Crippen LogP contribution in [-0.2, 0) is 4.79 Å². The Balaban J connectivity index is 1.62. The zero-order valence-electron chi connectivity index (χ0n) is 16.5. The Morgan fingerprint density at radius 2 is 1.71 bits per heavy atom. The molecule has 1 saturated carbocycles. The quantitative estimate of drug-likeness (QED) is 0.681. The summed E-state index contributed by atoms with van der Waals surface area (Å²) in [5.41, 5.74) is 0. The molecule has 1 aromatic rings. The maximum atomic E-state index is 12.8. The lowest BCUT2D eigenvalue weighted by atomic mass is 9.87. The first-order chi connectivity index (χ1) is 13.4. The molecule has 5 nitrogen and oxygen atoms in total. The van der Waals surface area contributed by atoms with Gasteiger partial charge in [-0.25, -0.2) is 0 Å². The third kappa shape index (κ3) is 5.25. The summed E-state index contributed by atoms with van der Waals surface area (Å²) in [6.07, 6.45) is 4.55. The third-order valence-corrected chi connectivity index (χ3v) is 6.67. The fraction of sp³-hybridized carbons (Fsp3) is 0.650. The van der Waals surface area contributed by atoms with Crippen molar-refractivity contribution in [2.45, 2.75) is 37.8 Å². The van der Waals surface area contributed by atoms with Crippen LogP contribution in [0.2, 0.25) is 15.1 Å². The molecule has 1 saturated heterocycles. The van der Waals surface area contributed by atoms with Gasteiger partial charge in [0.1, 0.15) is 0 Å². The Hall–Kier alpha value is -0.720. The van der Waals surface area contributed by atoms with Crippen LogP contribution in [0, 0.1) is 0 Å². The summed E-state index contributed by atoms with van der Waals surface area (Å²) in [6, 6.07) is 3.75. The van der Waals surface area contributed by atoms with E-state index in [1.807, 2.05) is 11.9 Å². The number of hydrogen-bond donors (Lipinski definition) is 0. The standard InChI is InChI=1S/C20H28Cl3N3O2/c1-24-7-9-26(10-8-24)18-6-4-3-5-17(18)25(2)19(27)13-28-20-15(22)11-14(21)12-16(20)23/h11-12,17-18H,3-10,13H2,1-2H3. The Morgan fingerprint density at radius 3 is 2.36 bits per heavy atom. The number of benzene rings is 1. The van der Waals surface area contributed by atoms with Crippen molar-refractivity contribution < 1.29 is 9.53 Å². The van der Waals surface area contributed by atoms with E-state index in [0.717, 1.165) is 45.4 Å². The Labute approximate surface area is 182 Å². The number of halogens is 3. The molecule has 1 amide bonds. The maximum Gasteiger partial charge on any atom is 0.260 e. The molecule has 2 aliphatic rings. The van der Waals surface area contributed by atoms with Crippen molar-refractivity contribution in [1.82, 2.24) is 14.7 Å². The molecule has 3 rings (SSSR count). The van der Waals surface area contributed by atoms with Gasteiger partial charge >= 0.3 is 0 Å². The number of piperazine rings is 1. The first kappa shape index (κ1) is 22.0. The van der Waals surface area contributed by atoms with Gasteiger partial charge in [-0.1, -0.05) is 47.6 Å². The largest absolute Gasteiger partial charge is 0.481 e. The molecule has 0 aromatic heterocycles. The van der Waals surface area contributed by atoms with Gasteiger partial charge in [0.05, 0.1) is 10.0 Å². The second kappa shape index (κ2) is 9.86. The molecule has 1 aromatic carbocycles. The fourth-order valence-corrected chi connectivity index (χ4v) is 5.14. The highest BCUT2D eigenvalue weighted by Gasteiger charge is 2.35. The lowest BCUT2D eigenvalue weighted by molar-refractivity contribution is -0.136. The molecule has 2 unspecified atom stereocenters. The van der Waals surface area contributed by atoms with E-state index >= 15 is 0 Å². The molecule has 156 valence electrons. The first-order valence-electron chi connectivity index (χ1n) is 9.82. The minimum atomic E-state index is -0.0937. The molecule has 0 radical (unpaired) electrons. The van der Waals surface area contributed by atoms with Gasteiger partial charge in [0.2, 0.25) is 0 Å². The van der Waals surface area contributed by atoms with Crippen molar-refractivity contribution in [2.24, 2.45) is 0 Å². The Kier molecular flexibility index (Phi) is 7.74. The highest BCUT2D eigenvalue weighted by molar-refractivity contribution is 6.40. The normalized spacial score (nSPS) is 24.2. The molecule has 1 aliphatic heterocycles. The molecule has 1 aliphatic carbocycles. The van der Waals surface area contributed by atoms with Crippen LogP contribution in [0.15, 0.2) is 12.1 Å². The zero-order valence-corrected chi connectivity index (χ0v) is 18.7. The molecule has 8 heteroatoms. The Bertz CT molecular complexity index is 672. The smallest absolute Gasteiger partial charge is 0.260 e. The first-order valence-corrected chi connectivity index (χ1v) is 11.0. The lowest BCUT2D eigenvalue weighted by Crippen LogP contribution is -2.58. The lowest BCUT2D eigenvalue weighted by Gasteiger charge is -2.46. The molecular weight excluding hydrogens is 421 g/mol. The van der Waals surface area contributed by atoms with E-state index in [-0.39, 0.29) is 18.6 Å². The van der Waals surface area contributed by atoms with Crippen molar-refractivity contribution in [1.29, 1.82) is 0 Å². The molecule has 0 spiro atoms. The van der Waals surface area contributed by atoms with E-state index < -0.39 is 0 Å². The molecule has 2 atom stereocenters. The average molecular weight is 449 g/mol. The summed E-state index contributed by atoms with van der Waals surface area (Å²) in [6.45, 7) is 4.19. The maximum absolute atomic E-state index is 12.8. The van der Waals surface area contributed by atoms with Gasteiger partial charge in [-0.05, 0) is 32.0 Å². The van der Waals surface area contributed by atoms with Crippen molar-refractivity contribution in [3.8, 4) is 5.75 Å². The van der Waals surface area contributed by atoms with Gasteiger partial charge in [-0.15, -0.1) is 0 Å². The number of hydrogen-bond acceptors (Lipinski definition) is 4. The van der Waals surface area contributed by atoms with E-state index in [9.17, 15) is 4.79 Å². The topological polar surface area (TPSA) is 36.0 Å². The predicted molar refractivity (Wildman–Crippen MR) is 115 cm³/mol. The number of carbonyl (C=O) groups is 1. The minimum absolute atomic E-state index is 0.0619. The van der Waals surface area contributed by atoms with Gasteiger partial charge in [0, 0.05) is 50.3 Å². The fourth-order valence-electron chi connectivity index (χ4n) is 4.21. The van der Waals surface area contributed by atoms with Crippen LogP contribution in [0.3, 0.4) is 0 Å². The number of amides is 1. The van der Waals surface area contributed by atoms with Crippen LogP contribution in [0.5, 0.6) is 5.75 Å². The van der Waals surface area contributed by atoms with Crippen molar-refractivity contribution in [3.05, 3.63) is 27.2 Å². The van der Waals surface area contributed by atoms with Crippen molar-refractivity contribution in [2.75, 3.05) is 46.9 Å². The van der Waals surface area contributed by atoms with Gasteiger partial charge in [-0.3, -0.25) is 9.69 Å². The molecular formula is C20H28Cl3N3O2. The number of ether oxygens (including phenoxy) is 1. The molecule has 28 heavy (non-hydrogen) atoms. The third-order valence-electron chi connectivity index (χ3n) is 5.89. The SMILES string of the molecule is CN1CCN(C2CCCCC2N(C)C(=O)COc2c(Cl)cc(Cl)cc2Cl)CC1. The summed E-state index contributed by atoms with van der Waals surface area (Å²) in [5.74, 6) is 0.238. The van der Waals surface area contributed by atoms with Crippen LogP contribution >= 0.6 is 34.8 Å². The van der Waals surface area contributed by atoms with E-state index in [1.165, 1.54) is 6.42 Å². The monoisotopic (exact) mass is 447 g/mol. The summed E-state index contributed by atoms with van der Waals surface area (Å²) in [4.78, 5) is 19.6. The van der Waals surface area contributed by atoms with Crippen molar-refractivity contribution >= 4 is 40.7 Å². The van der Waals surface area contributed by atoms with Gasteiger partial charge in [-0.2, -0.15) is 0 Å². The highest BCUT2D eigenvalue weighted by atomic mass is 35.5. The second-order valence-electron chi connectivity index (χ2n) is 7.75. The van der Waals surface area contributed by atoms with Crippen LogP contribution in [0.4, 0.5) is 0 Å². The van der Waals surface area contributed by atoms with Crippen molar-refractivity contribution in [3.63, 3.8) is 0 Å². The Morgan fingerprint density at radius 1 is 1.11 bits per heavy atom. The number of carbonyl (C=O) groups excluding carboxylic acids is 1. The summed E-state index contributed by atoms with van der Waals surface area (Å²) < 4.78 is 5.66. The van der Waals surface area contributed by atoms with Crippen LogP contribution < -0.4 is 4.74 Å². The predicted octanol–water partition coefficient (Wildman–Crippen LogP) is 4.04. The van der Waals surface area contributed by atoms with E-state index in [1.54, 1.807) is 12.1 Å². The van der Waals surface area contributed by atoms with E-state index in [0.29, 0.717) is 26.9 Å².